The first-order chi connectivity index (χ1) is 35.6. The van der Waals surface area contributed by atoms with Crippen molar-refractivity contribution >= 4 is 48.2 Å². The van der Waals surface area contributed by atoms with Crippen molar-refractivity contribution in [3.63, 3.8) is 0 Å². The second-order valence-electron chi connectivity index (χ2n) is 17.5. The maximum absolute atomic E-state index is 13.8. The lowest BCUT2D eigenvalue weighted by molar-refractivity contribution is -0.133. The van der Waals surface area contributed by atoms with Gasteiger partial charge in [0.1, 0.15) is 31.9 Å². The van der Waals surface area contributed by atoms with E-state index < -0.39 is 0 Å². The number of carbonyl (C=O) groups is 4. The van der Waals surface area contributed by atoms with Gasteiger partial charge in [0.25, 0.3) is 5.91 Å². The van der Waals surface area contributed by atoms with Gasteiger partial charge in [-0.3, -0.25) is 34.3 Å². The van der Waals surface area contributed by atoms with E-state index in [0.29, 0.717) is 128 Å². The number of aldehydes is 2. The highest BCUT2D eigenvalue weighted by atomic mass is 16.6. The van der Waals surface area contributed by atoms with Crippen LogP contribution in [0, 0.1) is 0 Å². The lowest BCUT2D eigenvalue weighted by Gasteiger charge is -2.23. The molecular formula is C54H70N6O13. The zero-order valence-corrected chi connectivity index (χ0v) is 43.0. The fraction of sp³-hybridized carbons (Fsp3) is 0.500. The van der Waals surface area contributed by atoms with Gasteiger partial charge in [0, 0.05) is 81.5 Å². The van der Waals surface area contributed by atoms with E-state index in [1.165, 1.54) is 25.4 Å². The third-order valence-corrected chi connectivity index (χ3v) is 12.6. The average Bonchev–Trinajstić information content (AvgIpc) is 3.97. The van der Waals surface area contributed by atoms with E-state index >= 15 is 0 Å². The molecule has 2 aromatic carbocycles. The number of allylic oxidation sites excluding steroid dienone is 2. The Hall–Kier alpha value is -6.51. The van der Waals surface area contributed by atoms with Gasteiger partial charge < -0.3 is 57.2 Å². The molecule has 19 nitrogen and oxygen atoms in total. The summed E-state index contributed by atoms with van der Waals surface area (Å²) in [4.78, 5) is 70.6. The summed E-state index contributed by atoms with van der Waals surface area (Å²) in [6.07, 6.45) is 11.9. The second-order valence-corrected chi connectivity index (χ2v) is 17.5. The van der Waals surface area contributed by atoms with Gasteiger partial charge >= 0.3 is 0 Å². The summed E-state index contributed by atoms with van der Waals surface area (Å²) in [5.74, 6) is 1.55. The third kappa shape index (κ3) is 16.2. The van der Waals surface area contributed by atoms with E-state index in [0.717, 1.165) is 32.0 Å². The molecule has 0 N–H and O–H groups in total. The molecule has 0 aliphatic carbocycles. The van der Waals surface area contributed by atoms with Crippen molar-refractivity contribution in [3.8, 4) is 28.7 Å². The first-order valence-electron chi connectivity index (χ1n) is 24.7. The first-order valence-corrected chi connectivity index (χ1v) is 24.7. The lowest BCUT2D eigenvalue weighted by atomic mass is 10.1. The van der Waals surface area contributed by atoms with Crippen LogP contribution in [-0.4, -0.2) is 176 Å². The van der Waals surface area contributed by atoms with Crippen LogP contribution in [0.15, 0.2) is 69.7 Å². The van der Waals surface area contributed by atoms with Gasteiger partial charge in [-0.2, -0.15) is 0 Å². The largest absolute Gasteiger partial charge is 0.493 e. The SMILES string of the molecule is C/C=C1\CC(/C=N\c2cc(OCc3cc(OCCN(CCCC=O)C(=O)CCOCCOCCOCCOC)cc(COc4cc5c(cc4OC)C(=O)N4C/C(=C/C)C[C@H]4C=N5)n3)c(OC)cc2C=O)N(C)C1. The Balaban J connectivity index is 1.18. The molecule has 73 heavy (non-hydrogen) atoms. The molecule has 4 heterocycles. The number of hydrogen-bond donors (Lipinski definition) is 0. The molecule has 2 atom stereocenters. The number of carbonyl (C=O) groups excluding carboxylic acids is 4. The van der Waals surface area contributed by atoms with E-state index in [9.17, 15) is 19.2 Å². The number of unbranched alkanes of at least 4 members (excludes halogenated alkanes) is 1. The zero-order chi connectivity index (χ0) is 52.0. The second kappa shape index (κ2) is 29.3. The van der Waals surface area contributed by atoms with Crippen LogP contribution >= 0.6 is 0 Å². The number of aromatic nitrogens is 1. The minimum absolute atomic E-state index is 0.0410. The maximum atomic E-state index is 13.8. The molecule has 0 spiro atoms. The summed E-state index contributed by atoms with van der Waals surface area (Å²) in [5.41, 5.74) is 5.10. The molecule has 19 heteroatoms. The highest BCUT2D eigenvalue weighted by Gasteiger charge is 2.35. The van der Waals surface area contributed by atoms with E-state index in [-0.39, 0.29) is 63.3 Å². The van der Waals surface area contributed by atoms with Crippen molar-refractivity contribution in [1.82, 2.24) is 19.7 Å². The molecule has 2 fully saturated rings. The molecule has 6 rings (SSSR count). The molecule has 1 unspecified atom stereocenters. The number of pyridine rings is 1. The number of nitrogens with zero attached hydrogens (tertiary/aromatic N) is 6. The molecule has 0 bridgehead atoms. The summed E-state index contributed by atoms with van der Waals surface area (Å²) < 4.78 is 52.0. The Morgan fingerprint density at radius 3 is 2.07 bits per heavy atom. The number of rotatable bonds is 31. The number of amides is 2. The number of benzene rings is 2. The average molecular weight is 1010 g/mol. The Kier molecular flexibility index (Phi) is 22.4. The van der Waals surface area contributed by atoms with Crippen LogP contribution in [0.4, 0.5) is 11.4 Å². The quantitative estimate of drug-likeness (QED) is 0.0290. The highest BCUT2D eigenvalue weighted by Crippen LogP contribution is 2.40. The molecule has 3 aliphatic rings. The summed E-state index contributed by atoms with van der Waals surface area (Å²) in [7, 11) is 6.66. The van der Waals surface area contributed by atoms with Crippen LogP contribution < -0.4 is 23.7 Å². The fourth-order valence-corrected chi connectivity index (χ4v) is 8.43. The van der Waals surface area contributed by atoms with E-state index in [2.05, 4.69) is 11.0 Å². The lowest BCUT2D eigenvalue weighted by Crippen LogP contribution is -2.36. The molecule has 2 saturated heterocycles. The van der Waals surface area contributed by atoms with Crippen LogP contribution in [-0.2, 0) is 41.8 Å². The van der Waals surface area contributed by atoms with Crippen LogP contribution in [0.2, 0.25) is 0 Å². The molecular weight excluding hydrogens is 941 g/mol. The minimum Gasteiger partial charge on any atom is -0.493 e. The Morgan fingerprint density at radius 2 is 1.42 bits per heavy atom. The normalized spacial score (nSPS) is 17.5. The molecule has 2 amide bonds. The number of aliphatic imine (C=N–C) groups is 2. The number of likely N-dealkylation sites (N-methyl/N-ethyl adjacent to an activating group) is 1. The Morgan fingerprint density at radius 1 is 0.767 bits per heavy atom. The van der Waals surface area contributed by atoms with Crippen LogP contribution in [0.1, 0.15) is 78.1 Å². The summed E-state index contributed by atoms with van der Waals surface area (Å²) >= 11 is 0. The number of hydrogen-bond acceptors (Lipinski definition) is 17. The molecule has 394 valence electrons. The van der Waals surface area contributed by atoms with Crippen molar-refractivity contribution in [2.24, 2.45) is 9.98 Å². The maximum Gasteiger partial charge on any atom is 0.257 e. The molecule has 3 aliphatic heterocycles. The molecule has 0 radical (unpaired) electrons. The highest BCUT2D eigenvalue weighted by molar-refractivity contribution is 6.04. The standard InChI is InChI=1S/C54H70N6O13/c1-7-38-23-43(58(3)33-38)31-55-47-29-51(49(66-5)25-40(47)35-62)72-36-41-26-45(71-16-13-59(12-9-10-14-61)53(63)11-15-68-19-20-70-22-21-69-18-17-65-4)27-42(57-41)37-73-52-30-48-46(28-50(52)67-6)54(64)60-34-39(8-2)24-44(60)32-56-48/h7-8,14,25-32,35,43-44H,9-13,15-24,33-34,36-37H2,1-6H3/b38-7+,39-8+,55-31-/t43?,44-/m0/s1. The predicted octanol–water partition coefficient (Wildman–Crippen LogP) is 6.57. The van der Waals surface area contributed by atoms with Gasteiger partial charge in [-0.1, -0.05) is 23.3 Å². The molecule has 0 saturated carbocycles. The number of methoxy groups -OCH3 is 3. The number of fused-ring (bicyclic) bond motifs is 2. The van der Waals surface area contributed by atoms with Gasteiger partial charge in [-0.05, 0) is 52.3 Å². The topological polar surface area (TPSA) is 199 Å². The van der Waals surface area contributed by atoms with Crippen molar-refractivity contribution in [2.45, 2.75) is 71.2 Å². The number of ether oxygens (including phenoxy) is 9. The smallest absolute Gasteiger partial charge is 0.257 e. The molecule has 1 aromatic heterocycles. The summed E-state index contributed by atoms with van der Waals surface area (Å²) in [5, 5.41) is 0. The van der Waals surface area contributed by atoms with E-state index in [1.807, 2.05) is 44.3 Å². The van der Waals surface area contributed by atoms with Crippen molar-refractivity contribution in [2.75, 3.05) is 107 Å². The Labute approximate surface area is 428 Å². The van der Waals surface area contributed by atoms with Crippen LogP contribution in [0.3, 0.4) is 0 Å². The summed E-state index contributed by atoms with van der Waals surface area (Å²) in [6, 6.07) is 10.0. The molecule has 3 aromatic rings. The van der Waals surface area contributed by atoms with Gasteiger partial charge in [0.15, 0.2) is 29.3 Å². The van der Waals surface area contributed by atoms with Gasteiger partial charge in [0.05, 0.1) is 108 Å². The number of likely N-dealkylation sites (tertiary alicyclic amines) is 1. The van der Waals surface area contributed by atoms with Crippen molar-refractivity contribution in [1.29, 1.82) is 0 Å². The Bertz CT molecular complexity index is 2460. The van der Waals surface area contributed by atoms with Crippen molar-refractivity contribution < 1.29 is 61.8 Å². The van der Waals surface area contributed by atoms with Crippen molar-refractivity contribution in [3.05, 3.63) is 82.2 Å². The van der Waals surface area contributed by atoms with Crippen LogP contribution in [0.25, 0.3) is 0 Å². The predicted molar refractivity (Wildman–Crippen MR) is 275 cm³/mol. The fourth-order valence-electron chi connectivity index (χ4n) is 8.43. The van der Waals surface area contributed by atoms with E-state index in [4.69, 9.17) is 57.6 Å². The first kappa shape index (κ1) is 55.8. The minimum atomic E-state index is -0.142. The van der Waals surface area contributed by atoms with Gasteiger partial charge in [-0.15, -0.1) is 0 Å². The monoisotopic (exact) mass is 1010 g/mol. The van der Waals surface area contributed by atoms with Gasteiger partial charge in [0.2, 0.25) is 5.91 Å². The zero-order valence-electron chi connectivity index (χ0n) is 43.0. The summed E-state index contributed by atoms with van der Waals surface area (Å²) in [6.45, 7) is 8.81. The van der Waals surface area contributed by atoms with E-state index in [1.54, 1.807) is 48.4 Å². The third-order valence-electron chi connectivity index (χ3n) is 12.6. The van der Waals surface area contributed by atoms with Gasteiger partial charge in [-0.25, -0.2) is 0 Å². The van der Waals surface area contributed by atoms with Crippen LogP contribution in [0.5, 0.6) is 28.7 Å².